The lowest BCUT2D eigenvalue weighted by Crippen LogP contribution is -2.51. The zero-order valence-electron chi connectivity index (χ0n) is 21.6. The zero-order chi connectivity index (χ0) is 26.7. The van der Waals surface area contributed by atoms with Gasteiger partial charge >= 0.3 is 6.03 Å². The summed E-state index contributed by atoms with van der Waals surface area (Å²) in [5.74, 6) is 0.225. The highest BCUT2D eigenvalue weighted by atomic mass is 19.1. The van der Waals surface area contributed by atoms with Gasteiger partial charge in [0.25, 0.3) is 5.91 Å². The van der Waals surface area contributed by atoms with Crippen LogP contribution in [0.15, 0.2) is 84.9 Å². The maximum Gasteiger partial charge on any atom is 0.321 e. The molecular formula is C30H33FN4O3. The monoisotopic (exact) mass is 516 g/mol. The van der Waals surface area contributed by atoms with Crippen LogP contribution in [-0.4, -0.2) is 79.6 Å². The molecule has 0 radical (unpaired) electrons. The third kappa shape index (κ3) is 7.43. The molecule has 0 aromatic heterocycles. The minimum atomic E-state index is -0.377. The van der Waals surface area contributed by atoms with Crippen LogP contribution in [0.3, 0.4) is 0 Å². The highest BCUT2D eigenvalue weighted by Crippen LogP contribution is 2.19. The van der Waals surface area contributed by atoms with Crippen molar-refractivity contribution < 1.29 is 18.7 Å². The number of rotatable bonds is 9. The summed E-state index contributed by atoms with van der Waals surface area (Å²) in [4.78, 5) is 31.7. The molecule has 1 aliphatic heterocycles. The van der Waals surface area contributed by atoms with Crippen molar-refractivity contribution in [2.75, 3.05) is 58.2 Å². The summed E-state index contributed by atoms with van der Waals surface area (Å²) in [6.07, 6.45) is 3.87. The van der Waals surface area contributed by atoms with Crippen molar-refractivity contribution in [1.82, 2.24) is 14.7 Å². The lowest BCUT2D eigenvalue weighted by molar-refractivity contribution is 0.0739. The number of hydrogen-bond donors (Lipinski definition) is 1. The molecular weight excluding hydrogens is 483 g/mol. The fourth-order valence-electron chi connectivity index (χ4n) is 4.32. The predicted molar refractivity (Wildman–Crippen MR) is 148 cm³/mol. The topological polar surface area (TPSA) is 65.1 Å². The van der Waals surface area contributed by atoms with Gasteiger partial charge < -0.3 is 19.9 Å². The molecule has 1 heterocycles. The van der Waals surface area contributed by atoms with Gasteiger partial charge in [0.15, 0.2) is 0 Å². The molecule has 1 aliphatic rings. The Hall–Kier alpha value is -4.17. The highest BCUT2D eigenvalue weighted by Gasteiger charge is 2.22. The number of benzene rings is 3. The minimum Gasteiger partial charge on any atom is -0.496 e. The quantitative estimate of drug-likeness (QED) is 0.442. The number of methoxy groups -OCH3 is 1. The number of anilines is 1. The van der Waals surface area contributed by atoms with Crippen molar-refractivity contribution in [1.29, 1.82) is 0 Å². The minimum absolute atomic E-state index is 0.106. The van der Waals surface area contributed by atoms with E-state index in [1.807, 2.05) is 66.7 Å². The van der Waals surface area contributed by atoms with E-state index in [9.17, 15) is 14.0 Å². The molecule has 0 aliphatic carbocycles. The molecule has 8 heteroatoms. The number of nitrogens with one attached hydrogen (secondary N) is 1. The van der Waals surface area contributed by atoms with E-state index in [-0.39, 0.29) is 17.8 Å². The van der Waals surface area contributed by atoms with Gasteiger partial charge in [-0.3, -0.25) is 9.69 Å². The van der Waals surface area contributed by atoms with E-state index in [2.05, 4.69) is 10.2 Å². The number of amides is 3. The average molecular weight is 517 g/mol. The van der Waals surface area contributed by atoms with Crippen LogP contribution in [0.4, 0.5) is 14.9 Å². The van der Waals surface area contributed by atoms with Crippen molar-refractivity contribution >= 4 is 23.7 Å². The van der Waals surface area contributed by atoms with Crippen molar-refractivity contribution in [3.63, 3.8) is 0 Å². The van der Waals surface area contributed by atoms with Crippen LogP contribution in [0.2, 0.25) is 0 Å². The molecule has 7 nitrogen and oxygen atoms in total. The third-order valence-corrected chi connectivity index (χ3v) is 6.51. The van der Waals surface area contributed by atoms with E-state index in [4.69, 9.17) is 4.74 Å². The Kier molecular flexibility index (Phi) is 9.48. The van der Waals surface area contributed by atoms with E-state index < -0.39 is 0 Å². The van der Waals surface area contributed by atoms with Gasteiger partial charge in [0.1, 0.15) is 11.6 Å². The van der Waals surface area contributed by atoms with Gasteiger partial charge in [0, 0.05) is 62.6 Å². The average Bonchev–Trinajstić information content (AvgIpc) is 2.96. The van der Waals surface area contributed by atoms with Gasteiger partial charge in [0.05, 0.1) is 7.11 Å². The van der Waals surface area contributed by atoms with Gasteiger partial charge in [-0.2, -0.15) is 0 Å². The van der Waals surface area contributed by atoms with Crippen LogP contribution in [-0.2, 0) is 0 Å². The van der Waals surface area contributed by atoms with E-state index >= 15 is 0 Å². The standard InChI is InChI=1S/C30H33FN4O3/c1-38-28-12-6-5-8-24(28)9-7-17-34(29(36)25-13-15-26(31)16-14-25)21-18-33-19-22-35(23-20-33)30(37)32-27-10-3-2-4-11-27/h2-16H,17-23H2,1H3,(H,32,37). The Morgan fingerprint density at radius 3 is 2.34 bits per heavy atom. The summed E-state index contributed by atoms with van der Waals surface area (Å²) in [6, 6.07) is 22.6. The van der Waals surface area contributed by atoms with Crippen LogP contribution in [0, 0.1) is 5.82 Å². The Balaban J connectivity index is 1.34. The van der Waals surface area contributed by atoms with Crippen LogP contribution in [0.25, 0.3) is 6.08 Å². The van der Waals surface area contributed by atoms with Gasteiger partial charge in [-0.1, -0.05) is 48.6 Å². The summed E-state index contributed by atoms with van der Waals surface area (Å²) in [7, 11) is 1.63. The number of piperazine rings is 1. The van der Waals surface area contributed by atoms with Gasteiger partial charge in [-0.15, -0.1) is 0 Å². The Morgan fingerprint density at radius 2 is 1.63 bits per heavy atom. The highest BCUT2D eigenvalue weighted by molar-refractivity contribution is 5.94. The first kappa shape index (κ1) is 26.9. The normalized spacial score (nSPS) is 13.9. The van der Waals surface area contributed by atoms with Crippen LogP contribution in [0.1, 0.15) is 15.9 Å². The smallest absolute Gasteiger partial charge is 0.321 e. The number of urea groups is 1. The Bertz CT molecular complexity index is 1230. The van der Waals surface area contributed by atoms with Crippen molar-refractivity contribution in [2.24, 2.45) is 0 Å². The fraction of sp³-hybridized carbons (Fsp3) is 0.267. The molecule has 3 aromatic carbocycles. The van der Waals surface area contributed by atoms with Gasteiger partial charge in [-0.05, 0) is 42.5 Å². The number of carbonyl (C=O) groups excluding carboxylic acids is 2. The summed E-state index contributed by atoms with van der Waals surface area (Å²) in [5.41, 5.74) is 2.14. The first-order chi connectivity index (χ1) is 18.5. The number of carbonyl (C=O) groups is 2. The molecule has 198 valence electrons. The summed E-state index contributed by atoms with van der Waals surface area (Å²) < 4.78 is 18.8. The van der Waals surface area contributed by atoms with E-state index in [0.717, 1.165) is 30.1 Å². The largest absolute Gasteiger partial charge is 0.496 e. The Morgan fingerprint density at radius 1 is 0.947 bits per heavy atom. The number of ether oxygens (including phenoxy) is 1. The summed E-state index contributed by atoms with van der Waals surface area (Å²) in [5, 5.41) is 2.93. The maximum atomic E-state index is 13.4. The summed E-state index contributed by atoms with van der Waals surface area (Å²) in [6.45, 7) is 4.23. The molecule has 0 spiro atoms. The molecule has 1 N–H and O–H groups in total. The molecule has 0 saturated carbocycles. The Labute approximate surface area is 223 Å². The molecule has 4 rings (SSSR count). The molecule has 3 aromatic rings. The molecule has 1 saturated heterocycles. The first-order valence-corrected chi connectivity index (χ1v) is 12.7. The predicted octanol–water partition coefficient (Wildman–Crippen LogP) is 4.84. The van der Waals surface area contributed by atoms with Crippen LogP contribution in [0.5, 0.6) is 5.75 Å². The number of halogens is 1. The SMILES string of the molecule is COc1ccccc1C=CCN(CCN1CCN(C(=O)Nc2ccccc2)CC1)C(=O)c1ccc(F)cc1. The summed E-state index contributed by atoms with van der Waals surface area (Å²) >= 11 is 0. The molecule has 3 amide bonds. The zero-order valence-corrected chi connectivity index (χ0v) is 21.6. The van der Waals surface area contributed by atoms with E-state index in [1.54, 1.807) is 16.9 Å². The number of nitrogens with zero attached hydrogens (tertiary/aromatic N) is 3. The van der Waals surface area contributed by atoms with Crippen molar-refractivity contribution in [2.45, 2.75) is 0 Å². The van der Waals surface area contributed by atoms with Gasteiger partial charge in [0.2, 0.25) is 0 Å². The van der Waals surface area contributed by atoms with E-state index in [1.165, 1.54) is 24.3 Å². The van der Waals surface area contributed by atoms with Crippen LogP contribution < -0.4 is 10.1 Å². The van der Waals surface area contributed by atoms with Gasteiger partial charge in [-0.25, -0.2) is 9.18 Å². The second kappa shape index (κ2) is 13.4. The lowest BCUT2D eigenvalue weighted by Gasteiger charge is -2.35. The number of hydrogen-bond acceptors (Lipinski definition) is 4. The molecule has 0 atom stereocenters. The second-order valence-corrected chi connectivity index (χ2v) is 9.03. The van der Waals surface area contributed by atoms with Crippen LogP contribution >= 0.6 is 0 Å². The molecule has 0 bridgehead atoms. The lowest BCUT2D eigenvalue weighted by atomic mass is 10.1. The van der Waals surface area contributed by atoms with E-state index in [0.29, 0.717) is 38.3 Å². The molecule has 1 fully saturated rings. The molecule has 0 unspecified atom stereocenters. The second-order valence-electron chi connectivity index (χ2n) is 9.03. The number of para-hydroxylation sites is 2. The third-order valence-electron chi connectivity index (χ3n) is 6.51. The fourth-order valence-corrected chi connectivity index (χ4v) is 4.32. The van der Waals surface area contributed by atoms with Crippen molar-refractivity contribution in [3.05, 3.63) is 102 Å². The maximum absolute atomic E-state index is 13.4. The first-order valence-electron chi connectivity index (χ1n) is 12.7. The van der Waals surface area contributed by atoms with Crippen molar-refractivity contribution in [3.8, 4) is 5.75 Å². The molecule has 38 heavy (non-hydrogen) atoms.